The van der Waals surface area contributed by atoms with Gasteiger partial charge in [0.1, 0.15) is 11.6 Å². The molecule has 1 aliphatic rings. The molecular formula is C32H52F3N7O15. The maximum absolute atomic E-state index is 12.7. The number of carbonyl (C=O) groups is 9. The van der Waals surface area contributed by atoms with Crippen LogP contribution in [0.4, 0.5) is 18.0 Å². The summed E-state index contributed by atoms with van der Waals surface area (Å²) in [5.74, 6) is -9.13. The van der Waals surface area contributed by atoms with Gasteiger partial charge in [-0.3, -0.25) is 64.0 Å². The van der Waals surface area contributed by atoms with E-state index in [0.29, 0.717) is 38.6 Å². The van der Waals surface area contributed by atoms with Gasteiger partial charge in [0.15, 0.2) is 0 Å². The molecule has 0 radical (unpaired) electrons. The number of alkyl halides is 3. The topological polar surface area (TPSA) is 313 Å². The maximum atomic E-state index is 12.7. The van der Waals surface area contributed by atoms with E-state index in [9.17, 15) is 51.5 Å². The molecule has 1 saturated heterocycles. The van der Waals surface area contributed by atoms with Crippen molar-refractivity contribution in [2.75, 3.05) is 72.0 Å². The molecule has 1 aliphatic heterocycles. The number of hydrogen-bond donors (Lipinski definition) is 8. The number of hydrogen-bond acceptors (Lipinski definition) is 13. The molecule has 0 aromatic heterocycles. The van der Waals surface area contributed by atoms with Gasteiger partial charge in [0.25, 0.3) is 5.91 Å². The third kappa shape index (κ3) is 26.2. The van der Waals surface area contributed by atoms with Gasteiger partial charge in [-0.05, 0) is 46.5 Å². The Hall–Kier alpha value is -5.30. The molecule has 0 unspecified atom stereocenters. The number of carboxylic acids is 5. The molecule has 0 aromatic rings. The lowest BCUT2D eigenvalue weighted by Gasteiger charge is -2.28. The SMILES string of the molecule is CC(C)(C)OC(=O)N1CCC[C@@H]1C(=O)NNC(=O)CCCCCNC(=O)CN(CCN(CC(=O)O)CC(=O)O)CCN(CC(=O)O)CC(=O)O.O=C(O)C(F)(F)F. The fourth-order valence-corrected chi connectivity index (χ4v) is 4.96. The van der Waals surface area contributed by atoms with Crippen LogP contribution in [0.25, 0.3) is 0 Å². The van der Waals surface area contributed by atoms with Gasteiger partial charge in [0.2, 0.25) is 11.8 Å². The van der Waals surface area contributed by atoms with Gasteiger partial charge in [-0.25, -0.2) is 9.59 Å². The number of carbonyl (C=O) groups excluding carboxylic acids is 4. The quantitative estimate of drug-likeness (QED) is 0.0456. The molecule has 1 heterocycles. The zero-order chi connectivity index (χ0) is 43.9. The highest BCUT2D eigenvalue weighted by Gasteiger charge is 2.38. The lowest BCUT2D eigenvalue weighted by atomic mass is 10.2. The van der Waals surface area contributed by atoms with Crippen LogP contribution in [0, 0.1) is 0 Å². The third-order valence-electron chi connectivity index (χ3n) is 7.42. The highest BCUT2D eigenvalue weighted by molar-refractivity contribution is 5.88. The number of carboxylic acid groups (broad SMARTS) is 5. The van der Waals surface area contributed by atoms with Crippen molar-refractivity contribution in [1.82, 2.24) is 35.8 Å². The van der Waals surface area contributed by atoms with Crippen LogP contribution in [-0.4, -0.2) is 189 Å². The van der Waals surface area contributed by atoms with Crippen LogP contribution in [-0.2, 0) is 43.1 Å². The van der Waals surface area contributed by atoms with Crippen LogP contribution in [0.5, 0.6) is 0 Å². The van der Waals surface area contributed by atoms with Gasteiger partial charge in [-0.15, -0.1) is 0 Å². The minimum Gasteiger partial charge on any atom is -0.480 e. The number of nitrogens with one attached hydrogen (secondary N) is 3. The van der Waals surface area contributed by atoms with E-state index in [0.717, 1.165) is 9.80 Å². The summed E-state index contributed by atoms with van der Waals surface area (Å²) in [5.41, 5.74) is 3.99. The van der Waals surface area contributed by atoms with E-state index >= 15 is 0 Å². The molecule has 1 atom stereocenters. The number of ether oxygens (including phenoxy) is 1. The second kappa shape index (κ2) is 25.8. The molecule has 25 heteroatoms. The Kier molecular flexibility index (Phi) is 23.4. The highest BCUT2D eigenvalue weighted by Crippen LogP contribution is 2.21. The van der Waals surface area contributed by atoms with Gasteiger partial charge in [0, 0.05) is 45.7 Å². The summed E-state index contributed by atoms with van der Waals surface area (Å²) < 4.78 is 37.1. The van der Waals surface area contributed by atoms with Crippen molar-refractivity contribution in [3.05, 3.63) is 0 Å². The first-order chi connectivity index (χ1) is 26.3. The zero-order valence-electron chi connectivity index (χ0n) is 31.8. The summed E-state index contributed by atoms with van der Waals surface area (Å²) in [6.07, 6.45) is -3.02. The number of likely N-dealkylation sites (tertiary alicyclic amines) is 1. The maximum Gasteiger partial charge on any atom is 0.490 e. The number of rotatable bonds is 23. The first-order valence-corrected chi connectivity index (χ1v) is 17.5. The fraction of sp³-hybridized carbons (Fsp3) is 0.719. The van der Waals surface area contributed by atoms with Crippen molar-refractivity contribution in [3.63, 3.8) is 0 Å². The molecule has 4 amide bonds. The highest BCUT2D eigenvalue weighted by atomic mass is 19.4. The Labute approximate surface area is 325 Å². The summed E-state index contributed by atoms with van der Waals surface area (Å²) in [7, 11) is 0. The molecule has 0 spiro atoms. The molecule has 8 N–H and O–H groups in total. The second-order valence-corrected chi connectivity index (χ2v) is 13.6. The molecule has 22 nitrogen and oxygen atoms in total. The fourth-order valence-electron chi connectivity index (χ4n) is 4.96. The van der Waals surface area contributed by atoms with E-state index in [4.69, 9.17) is 35.1 Å². The van der Waals surface area contributed by atoms with E-state index in [1.165, 1.54) is 4.90 Å². The zero-order valence-corrected chi connectivity index (χ0v) is 31.8. The predicted molar refractivity (Wildman–Crippen MR) is 187 cm³/mol. The lowest BCUT2D eigenvalue weighted by molar-refractivity contribution is -0.192. The Morgan fingerprint density at radius 1 is 0.667 bits per heavy atom. The molecule has 0 saturated carbocycles. The summed E-state index contributed by atoms with van der Waals surface area (Å²) in [4.78, 5) is 109. The van der Waals surface area contributed by atoms with Gasteiger partial charge in [-0.1, -0.05) is 6.42 Å². The number of halogens is 3. The Morgan fingerprint density at radius 2 is 1.12 bits per heavy atom. The normalized spacial score (nSPS) is 14.1. The summed E-state index contributed by atoms with van der Waals surface area (Å²) in [6, 6.07) is -0.758. The van der Waals surface area contributed by atoms with Crippen LogP contribution in [0.3, 0.4) is 0 Å². The van der Waals surface area contributed by atoms with Gasteiger partial charge < -0.3 is 35.6 Å². The van der Waals surface area contributed by atoms with Crippen molar-refractivity contribution in [1.29, 1.82) is 0 Å². The van der Waals surface area contributed by atoms with Crippen LogP contribution < -0.4 is 16.2 Å². The number of nitrogens with zero attached hydrogens (tertiary/aromatic N) is 4. The van der Waals surface area contributed by atoms with Crippen LogP contribution in [0.1, 0.15) is 59.3 Å². The lowest BCUT2D eigenvalue weighted by Crippen LogP contribution is -2.52. The largest absolute Gasteiger partial charge is 0.490 e. The van der Waals surface area contributed by atoms with E-state index in [-0.39, 0.29) is 45.7 Å². The van der Waals surface area contributed by atoms with Crippen molar-refractivity contribution in [3.8, 4) is 0 Å². The second-order valence-electron chi connectivity index (χ2n) is 13.6. The number of aliphatic carboxylic acids is 5. The molecule has 0 aromatic carbocycles. The molecule has 1 fully saturated rings. The van der Waals surface area contributed by atoms with Crippen LogP contribution >= 0.6 is 0 Å². The molecule has 57 heavy (non-hydrogen) atoms. The average Bonchev–Trinajstić information content (AvgIpc) is 3.55. The predicted octanol–water partition coefficient (Wildman–Crippen LogP) is -0.912. The standard InChI is InChI=1S/C30H51N7O13.C2HF3O2/c1-30(2,3)50-29(49)37-11-7-8-21(37)28(48)33-32-22(38)9-5-4-6-10-31-23(39)16-34(12-14-35(17-24(40)41)18-25(42)43)13-15-36(19-26(44)45)20-27(46)47;3-2(4,5)1(6)7/h21H,4-20H2,1-3H3,(H,31,39)(H,32,38)(H,33,48)(H,40,41)(H,42,43)(H,44,45)(H,46,47);(H,6,7)/t21-;/m1./s1. The minimum atomic E-state index is -5.08. The van der Waals surface area contributed by atoms with E-state index in [2.05, 4.69) is 16.2 Å². The molecule has 1 rings (SSSR count). The van der Waals surface area contributed by atoms with Gasteiger partial charge in [0.05, 0.1) is 32.7 Å². The Balaban J connectivity index is 0.00000407. The summed E-state index contributed by atoms with van der Waals surface area (Å²) >= 11 is 0. The Morgan fingerprint density at radius 3 is 1.54 bits per heavy atom. The van der Waals surface area contributed by atoms with Crippen LogP contribution in [0.15, 0.2) is 0 Å². The van der Waals surface area contributed by atoms with Crippen LogP contribution in [0.2, 0.25) is 0 Å². The number of unbranched alkanes of at least 4 members (excludes halogenated alkanes) is 2. The van der Waals surface area contributed by atoms with Crippen molar-refractivity contribution in [2.45, 2.75) is 77.1 Å². The van der Waals surface area contributed by atoms with E-state index < -0.39 is 97.7 Å². The van der Waals surface area contributed by atoms with Crippen molar-refractivity contribution in [2.24, 2.45) is 0 Å². The monoisotopic (exact) mass is 831 g/mol. The average molecular weight is 832 g/mol. The van der Waals surface area contributed by atoms with Gasteiger partial charge >= 0.3 is 42.1 Å². The minimum absolute atomic E-state index is 0.0351. The number of amides is 4. The molecule has 326 valence electrons. The van der Waals surface area contributed by atoms with Gasteiger partial charge in [-0.2, -0.15) is 13.2 Å². The van der Waals surface area contributed by atoms with Crippen molar-refractivity contribution < 1.29 is 86.6 Å². The molecule has 0 aliphatic carbocycles. The summed E-state index contributed by atoms with van der Waals surface area (Å²) in [6.45, 7) is 3.31. The number of hydrazine groups is 1. The smallest absolute Gasteiger partial charge is 0.480 e. The van der Waals surface area contributed by atoms with E-state index in [1.54, 1.807) is 25.7 Å². The molecule has 0 bridgehead atoms. The van der Waals surface area contributed by atoms with Crippen molar-refractivity contribution >= 4 is 53.7 Å². The first-order valence-electron chi connectivity index (χ1n) is 17.5. The Bertz CT molecular complexity index is 1320. The third-order valence-corrected chi connectivity index (χ3v) is 7.42. The first kappa shape index (κ1) is 51.7. The van der Waals surface area contributed by atoms with E-state index in [1.807, 2.05) is 0 Å². The molecular weight excluding hydrogens is 779 g/mol. The summed E-state index contributed by atoms with van der Waals surface area (Å²) in [5, 5.41) is 46.2.